The largest absolute Gasteiger partial charge is 0.308 e. The zero-order valence-electron chi connectivity index (χ0n) is 34.9. The van der Waals surface area contributed by atoms with E-state index in [9.17, 15) is 0 Å². The van der Waals surface area contributed by atoms with E-state index in [0.717, 1.165) is 12.0 Å². The lowest BCUT2D eigenvalue weighted by molar-refractivity contribution is 0.101. The quantitative estimate of drug-likeness (QED) is 0.0647. The van der Waals surface area contributed by atoms with Crippen molar-refractivity contribution in [1.29, 1.82) is 0 Å². The molecule has 1 aliphatic carbocycles. The third-order valence-corrected chi connectivity index (χ3v) is 13.6. The molecule has 1 heterocycles. The zero-order valence-corrected chi connectivity index (χ0v) is 34.9. The summed E-state index contributed by atoms with van der Waals surface area (Å²) in [5.74, 6) is 0.966. The fraction of sp³-hybridized carbons (Fsp3) is 1.00. The second kappa shape index (κ2) is 30.4. The van der Waals surface area contributed by atoms with E-state index in [4.69, 9.17) is 0 Å². The van der Waals surface area contributed by atoms with Crippen LogP contribution in [0.3, 0.4) is 0 Å². The van der Waals surface area contributed by atoms with E-state index in [1.165, 1.54) is 250 Å². The van der Waals surface area contributed by atoms with Crippen LogP contribution in [0.2, 0.25) is 0 Å². The molecule has 1 aliphatic heterocycles. The first kappa shape index (κ1) is 45.1. The van der Waals surface area contributed by atoms with Gasteiger partial charge in [0, 0.05) is 11.6 Å². The van der Waals surface area contributed by atoms with Crippen molar-refractivity contribution >= 4 is 0 Å². The number of nitrogens with one attached hydrogen (secondary N) is 1. The first-order valence-corrected chi connectivity index (χ1v) is 23.9. The van der Waals surface area contributed by atoms with Crippen LogP contribution < -0.4 is 5.32 Å². The summed E-state index contributed by atoms with van der Waals surface area (Å²) in [6.45, 7) is 9.37. The van der Waals surface area contributed by atoms with Gasteiger partial charge in [-0.2, -0.15) is 0 Å². The van der Waals surface area contributed by atoms with E-state index >= 15 is 0 Å². The molecule has 1 N–H and O–H groups in total. The van der Waals surface area contributed by atoms with Gasteiger partial charge in [0.05, 0.1) is 0 Å². The number of hydrogen-bond acceptors (Lipinski definition) is 1. The van der Waals surface area contributed by atoms with Gasteiger partial charge in [0.2, 0.25) is 0 Å². The Morgan fingerprint density at radius 1 is 0.367 bits per heavy atom. The lowest BCUT2D eigenvalue weighted by Crippen LogP contribution is -2.46. The summed E-state index contributed by atoms with van der Waals surface area (Å²) >= 11 is 0. The SMILES string of the molecule is CCCCCCCCCCC1(CCCCCCCCCC)CCC2CC(CCCCCCCCCC)(CCCCCCCCCC)NC2C1. The van der Waals surface area contributed by atoms with Crippen molar-refractivity contribution in [2.75, 3.05) is 0 Å². The predicted molar refractivity (Wildman–Crippen MR) is 223 cm³/mol. The first-order chi connectivity index (χ1) is 24.1. The van der Waals surface area contributed by atoms with E-state index < -0.39 is 0 Å². The highest BCUT2D eigenvalue weighted by Crippen LogP contribution is 2.52. The molecule has 0 radical (unpaired) electrons. The maximum absolute atomic E-state index is 4.56. The van der Waals surface area contributed by atoms with Crippen molar-refractivity contribution in [3.8, 4) is 0 Å². The molecular formula is C48H95N. The normalized spacial score (nSPS) is 19.8. The Hall–Kier alpha value is -0.0400. The van der Waals surface area contributed by atoms with Gasteiger partial charge in [-0.25, -0.2) is 0 Å². The van der Waals surface area contributed by atoms with Crippen molar-refractivity contribution in [2.45, 2.75) is 296 Å². The molecule has 2 aliphatic rings. The third-order valence-electron chi connectivity index (χ3n) is 13.6. The van der Waals surface area contributed by atoms with E-state index in [1.807, 2.05) is 0 Å². The molecule has 2 fully saturated rings. The van der Waals surface area contributed by atoms with E-state index in [2.05, 4.69) is 33.0 Å². The van der Waals surface area contributed by atoms with Gasteiger partial charge in [0.25, 0.3) is 0 Å². The van der Waals surface area contributed by atoms with Gasteiger partial charge >= 0.3 is 0 Å². The molecule has 292 valence electrons. The van der Waals surface area contributed by atoms with Crippen molar-refractivity contribution in [1.82, 2.24) is 5.32 Å². The fourth-order valence-corrected chi connectivity index (χ4v) is 10.3. The summed E-state index contributed by atoms with van der Waals surface area (Å²) in [6, 6.07) is 0.819. The molecular weight excluding hydrogens is 591 g/mol. The van der Waals surface area contributed by atoms with Gasteiger partial charge in [-0.3, -0.25) is 0 Å². The highest BCUT2D eigenvalue weighted by Gasteiger charge is 2.49. The van der Waals surface area contributed by atoms with E-state index in [0.29, 0.717) is 11.0 Å². The van der Waals surface area contributed by atoms with Crippen molar-refractivity contribution in [2.24, 2.45) is 11.3 Å². The minimum absolute atomic E-state index is 0.465. The molecule has 0 aromatic heterocycles. The minimum atomic E-state index is 0.465. The van der Waals surface area contributed by atoms with Gasteiger partial charge in [0.1, 0.15) is 0 Å². The Balaban J connectivity index is 1.93. The van der Waals surface area contributed by atoms with Crippen molar-refractivity contribution in [3.63, 3.8) is 0 Å². The second-order valence-electron chi connectivity index (χ2n) is 18.1. The predicted octanol–water partition coefficient (Wildman–Crippen LogP) is 17.0. The van der Waals surface area contributed by atoms with Crippen LogP contribution in [-0.4, -0.2) is 11.6 Å². The lowest BCUT2D eigenvalue weighted by Gasteiger charge is -2.43. The average molecular weight is 686 g/mol. The average Bonchev–Trinajstić information content (AvgIpc) is 3.47. The summed E-state index contributed by atoms with van der Waals surface area (Å²) in [5.41, 5.74) is 1.11. The van der Waals surface area contributed by atoms with Crippen molar-refractivity contribution in [3.05, 3.63) is 0 Å². The highest BCUT2D eigenvalue weighted by molar-refractivity contribution is 5.06. The molecule has 0 bridgehead atoms. The summed E-state index contributed by atoms with van der Waals surface area (Å²) < 4.78 is 0. The number of unbranched alkanes of at least 4 members (excludes halogenated alkanes) is 28. The number of hydrogen-bond donors (Lipinski definition) is 1. The van der Waals surface area contributed by atoms with E-state index in [1.54, 1.807) is 6.42 Å². The Bertz CT molecular complexity index is 619. The second-order valence-corrected chi connectivity index (χ2v) is 18.1. The van der Waals surface area contributed by atoms with Crippen LogP contribution in [0, 0.1) is 11.3 Å². The van der Waals surface area contributed by atoms with Crippen LogP contribution in [0.5, 0.6) is 0 Å². The maximum atomic E-state index is 4.56. The molecule has 1 heteroatoms. The summed E-state index contributed by atoms with van der Waals surface area (Å²) in [5, 5.41) is 4.56. The van der Waals surface area contributed by atoms with E-state index in [-0.39, 0.29) is 0 Å². The van der Waals surface area contributed by atoms with Gasteiger partial charge in [-0.05, 0) is 62.7 Å². The molecule has 0 aromatic rings. The molecule has 1 saturated carbocycles. The van der Waals surface area contributed by atoms with Gasteiger partial charge in [-0.1, -0.05) is 233 Å². The van der Waals surface area contributed by atoms with Gasteiger partial charge in [0.15, 0.2) is 0 Å². The molecule has 2 atom stereocenters. The Kier molecular flexibility index (Phi) is 28.0. The van der Waals surface area contributed by atoms with Crippen molar-refractivity contribution < 1.29 is 0 Å². The topological polar surface area (TPSA) is 12.0 Å². The molecule has 0 amide bonds. The van der Waals surface area contributed by atoms with Crippen LogP contribution in [0.25, 0.3) is 0 Å². The maximum Gasteiger partial charge on any atom is 0.0187 e. The zero-order chi connectivity index (χ0) is 35.1. The lowest BCUT2D eigenvalue weighted by atomic mass is 9.63. The Morgan fingerprint density at radius 2 is 0.673 bits per heavy atom. The van der Waals surface area contributed by atoms with Crippen LogP contribution in [0.15, 0.2) is 0 Å². The smallest absolute Gasteiger partial charge is 0.0187 e. The molecule has 0 aromatic carbocycles. The molecule has 1 saturated heterocycles. The molecule has 49 heavy (non-hydrogen) atoms. The summed E-state index contributed by atoms with van der Waals surface area (Å²) in [7, 11) is 0. The molecule has 1 nitrogen and oxygen atoms in total. The van der Waals surface area contributed by atoms with Gasteiger partial charge in [-0.15, -0.1) is 0 Å². The van der Waals surface area contributed by atoms with Crippen LogP contribution >= 0.6 is 0 Å². The molecule has 0 spiro atoms. The number of fused-ring (bicyclic) bond motifs is 1. The third kappa shape index (κ3) is 21.3. The molecule has 2 unspecified atom stereocenters. The molecule has 2 rings (SSSR count). The summed E-state index contributed by atoms with van der Waals surface area (Å²) in [6.07, 6.45) is 58.8. The first-order valence-electron chi connectivity index (χ1n) is 23.9. The van der Waals surface area contributed by atoms with Crippen LogP contribution in [-0.2, 0) is 0 Å². The highest BCUT2D eigenvalue weighted by atomic mass is 15.1. The standard InChI is InChI=1S/C48H95N/c1-5-9-13-17-21-25-29-33-38-47(39-34-30-26-22-18-14-10-6-2)42-37-45-43-48(49-46(45)44-47,40-35-31-27-23-19-15-11-7-3)41-36-32-28-24-20-16-12-8-4/h45-46,49H,5-44H2,1-4H3. The number of rotatable bonds is 36. The Labute approximate surface area is 311 Å². The van der Waals surface area contributed by atoms with Crippen LogP contribution in [0.1, 0.15) is 285 Å². The fourth-order valence-electron chi connectivity index (χ4n) is 10.3. The minimum Gasteiger partial charge on any atom is -0.308 e. The van der Waals surface area contributed by atoms with Gasteiger partial charge < -0.3 is 5.32 Å². The monoisotopic (exact) mass is 686 g/mol. The summed E-state index contributed by atoms with van der Waals surface area (Å²) in [4.78, 5) is 0. The van der Waals surface area contributed by atoms with Crippen LogP contribution in [0.4, 0.5) is 0 Å². The Morgan fingerprint density at radius 3 is 1.02 bits per heavy atom.